The van der Waals surface area contributed by atoms with Gasteiger partial charge in [0.15, 0.2) is 11.6 Å². The molecule has 1 heterocycles. The van der Waals surface area contributed by atoms with Gasteiger partial charge in [0.05, 0.1) is 7.11 Å². The number of benzene rings is 1. The number of aromatic nitrogens is 2. The van der Waals surface area contributed by atoms with Gasteiger partial charge < -0.3 is 20.3 Å². The second-order valence-corrected chi connectivity index (χ2v) is 8.02. The minimum Gasteiger partial charge on any atom is -0.467 e. The molecule has 0 radical (unpaired) electrons. The van der Waals surface area contributed by atoms with E-state index in [1.807, 2.05) is 24.9 Å². The number of hydrogen-bond donors (Lipinski definition) is 2. The van der Waals surface area contributed by atoms with Gasteiger partial charge in [0.2, 0.25) is 0 Å². The van der Waals surface area contributed by atoms with Gasteiger partial charge in [0.1, 0.15) is 11.6 Å². The third-order valence-corrected chi connectivity index (χ3v) is 4.22. The molecule has 1 amide bonds. The summed E-state index contributed by atoms with van der Waals surface area (Å²) >= 11 is 0. The maximum Gasteiger partial charge on any atom is 0.320 e. The summed E-state index contributed by atoms with van der Waals surface area (Å²) in [5.74, 6) is 0.614. The van der Waals surface area contributed by atoms with E-state index >= 15 is 0 Å². The third kappa shape index (κ3) is 5.35. The average molecular weight is 396 g/mol. The molecule has 154 valence electrons. The molecule has 0 atom stereocenters. The first-order valence-corrected chi connectivity index (χ1v) is 9.26. The number of ether oxygens (including phenoxy) is 1. The summed E-state index contributed by atoms with van der Waals surface area (Å²) < 4.78 is 5.26. The molecular formula is C21H28N6O2. The fourth-order valence-corrected chi connectivity index (χ4v) is 2.95. The lowest BCUT2D eigenvalue weighted by Gasteiger charge is -2.28. The van der Waals surface area contributed by atoms with Crippen LogP contribution in [0.1, 0.15) is 42.3 Å². The van der Waals surface area contributed by atoms with Crippen molar-refractivity contribution in [2.24, 2.45) is 5.41 Å². The highest BCUT2D eigenvalue weighted by Gasteiger charge is 2.22. The van der Waals surface area contributed by atoms with E-state index in [1.165, 1.54) is 7.11 Å². The molecule has 0 unspecified atom stereocenters. The van der Waals surface area contributed by atoms with Crippen molar-refractivity contribution in [3.63, 3.8) is 0 Å². The van der Waals surface area contributed by atoms with Crippen LogP contribution in [0.5, 0.6) is 6.01 Å². The third-order valence-electron chi connectivity index (χ3n) is 4.22. The quantitative estimate of drug-likeness (QED) is 0.772. The normalized spacial score (nSPS) is 10.8. The van der Waals surface area contributed by atoms with Gasteiger partial charge in [0, 0.05) is 31.9 Å². The number of carbonyl (C=O) groups excluding carboxylic acids is 1. The molecule has 29 heavy (non-hydrogen) atoms. The van der Waals surface area contributed by atoms with Crippen LogP contribution in [-0.2, 0) is 0 Å². The fourth-order valence-electron chi connectivity index (χ4n) is 2.95. The Morgan fingerprint density at radius 2 is 2.00 bits per heavy atom. The van der Waals surface area contributed by atoms with Gasteiger partial charge in [-0.15, -0.1) is 0 Å². The zero-order valence-corrected chi connectivity index (χ0v) is 18.0. The van der Waals surface area contributed by atoms with Crippen LogP contribution >= 0.6 is 0 Å². The number of carbonyl (C=O) groups is 1. The van der Waals surface area contributed by atoms with Crippen molar-refractivity contribution >= 4 is 23.2 Å². The maximum absolute atomic E-state index is 12.0. The van der Waals surface area contributed by atoms with Crippen molar-refractivity contribution < 1.29 is 9.53 Å². The van der Waals surface area contributed by atoms with Crippen LogP contribution in [0.2, 0.25) is 0 Å². The summed E-state index contributed by atoms with van der Waals surface area (Å²) in [6.45, 7) is 8.93. The Balaban J connectivity index is 2.55. The smallest absolute Gasteiger partial charge is 0.320 e. The van der Waals surface area contributed by atoms with Gasteiger partial charge in [0.25, 0.3) is 5.91 Å². The number of hydrogen-bond acceptors (Lipinski definition) is 7. The highest BCUT2D eigenvalue weighted by molar-refractivity contribution is 5.95. The Bertz CT molecular complexity index is 943. The zero-order valence-electron chi connectivity index (χ0n) is 18.0. The lowest BCUT2D eigenvalue weighted by atomic mass is 9.96. The van der Waals surface area contributed by atoms with Crippen molar-refractivity contribution in [2.75, 3.05) is 38.0 Å². The highest BCUT2D eigenvalue weighted by atomic mass is 16.5. The second kappa shape index (κ2) is 8.78. The molecule has 2 N–H and O–H groups in total. The van der Waals surface area contributed by atoms with E-state index in [9.17, 15) is 10.1 Å². The first-order valence-electron chi connectivity index (χ1n) is 9.26. The van der Waals surface area contributed by atoms with E-state index < -0.39 is 0 Å². The molecule has 2 rings (SSSR count). The van der Waals surface area contributed by atoms with Crippen molar-refractivity contribution in [1.82, 2.24) is 15.3 Å². The first kappa shape index (κ1) is 22.0. The van der Waals surface area contributed by atoms with Gasteiger partial charge in [-0.3, -0.25) is 4.79 Å². The van der Waals surface area contributed by atoms with Crippen LogP contribution in [0, 0.1) is 23.7 Å². The number of nitrogens with one attached hydrogen (secondary N) is 2. The van der Waals surface area contributed by atoms with Crippen LogP contribution in [0.4, 0.5) is 17.3 Å². The van der Waals surface area contributed by atoms with Crippen LogP contribution in [0.25, 0.3) is 0 Å². The molecule has 0 aliphatic carbocycles. The minimum atomic E-state index is -0.195. The molecule has 0 fully saturated rings. The highest BCUT2D eigenvalue weighted by Crippen LogP contribution is 2.31. The Labute approximate surface area is 171 Å². The largest absolute Gasteiger partial charge is 0.467 e. The molecule has 0 spiro atoms. The Morgan fingerprint density at radius 1 is 1.31 bits per heavy atom. The van der Waals surface area contributed by atoms with Crippen LogP contribution in [0.15, 0.2) is 18.2 Å². The van der Waals surface area contributed by atoms with Gasteiger partial charge in [-0.2, -0.15) is 15.2 Å². The van der Waals surface area contributed by atoms with Crippen LogP contribution < -0.4 is 20.3 Å². The predicted octanol–water partition coefficient (Wildman–Crippen LogP) is 3.25. The molecule has 1 aromatic heterocycles. The lowest BCUT2D eigenvalue weighted by Crippen LogP contribution is -2.30. The standard InChI is InChI=1S/C21H28N6O2/c1-13-8-9-14(19(28)23-5)10-16(13)24-17-15(11-22)18(26-20(25-17)29-7)27(6)12-21(2,3)4/h8-10H,12H2,1-7H3,(H,23,28)(H,24,25,26). The molecule has 1 aromatic carbocycles. The molecule has 0 aliphatic rings. The van der Waals surface area contributed by atoms with Crippen molar-refractivity contribution in [3.05, 3.63) is 34.9 Å². The lowest BCUT2D eigenvalue weighted by molar-refractivity contribution is 0.0963. The Hall–Kier alpha value is -3.34. The summed E-state index contributed by atoms with van der Waals surface area (Å²) in [6, 6.07) is 7.67. The Morgan fingerprint density at radius 3 is 2.55 bits per heavy atom. The average Bonchev–Trinajstić information content (AvgIpc) is 2.66. The van der Waals surface area contributed by atoms with Gasteiger partial charge in [-0.25, -0.2) is 0 Å². The van der Waals surface area contributed by atoms with Crippen molar-refractivity contribution in [3.8, 4) is 12.1 Å². The predicted molar refractivity (Wildman–Crippen MR) is 114 cm³/mol. The summed E-state index contributed by atoms with van der Waals surface area (Å²) in [7, 11) is 4.95. The topological polar surface area (TPSA) is 103 Å². The fraction of sp³-hybridized carbons (Fsp3) is 0.429. The minimum absolute atomic E-state index is 0.00564. The van der Waals surface area contributed by atoms with E-state index in [0.29, 0.717) is 35.0 Å². The van der Waals surface area contributed by atoms with Gasteiger partial charge >= 0.3 is 6.01 Å². The SMILES string of the molecule is CNC(=O)c1ccc(C)c(Nc2nc(OC)nc(N(C)CC(C)(C)C)c2C#N)c1. The van der Waals surface area contributed by atoms with Crippen molar-refractivity contribution in [1.29, 1.82) is 5.26 Å². The number of nitrogens with zero attached hydrogens (tertiary/aromatic N) is 4. The van der Waals surface area contributed by atoms with Gasteiger partial charge in [-0.05, 0) is 30.0 Å². The van der Waals surface area contributed by atoms with E-state index in [1.54, 1.807) is 19.2 Å². The van der Waals surface area contributed by atoms with Gasteiger partial charge in [-0.1, -0.05) is 26.8 Å². The molecule has 8 nitrogen and oxygen atoms in total. The number of rotatable bonds is 6. The number of amides is 1. The van der Waals surface area contributed by atoms with Crippen LogP contribution in [-0.4, -0.2) is 43.6 Å². The molecule has 0 aliphatic heterocycles. The molecule has 8 heteroatoms. The summed E-state index contributed by atoms with van der Waals surface area (Å²) in [6.07, 6.45) is 0. The molecule has 0 saturated carbocycles. The van der Waals surface area contributed by atoms with E-state index in [4.69, 9.17) is 4.74 Å². The van der Waals surface area contributed by atoms with E-state index in [0.717, 1.165) is 5.56 Å². The van der Waals surface area contributed by atoms with Crippen molar-refractivity contribution in [2.45, 2.75) is 27.7 Å². The summed E-state index contributed by atoms with van der Waals surface area (Å²) in [4.78, 5) is 22.6. The summed E-state index contributed by atoms with van der Waals surface area (Å²) in [5.41, 5.74) is 2.40. The second-order valence-electron chi connectivity index (χ2n) is 8.02. The number of nitriles is 1. The molecular weight excluding hydrogens is 368 g/mol. The number of methoxy groups -OCH3 is 1. The molecule has 0 bridgehead atoms. The van der Waals surface area contributed by atoms with E-state index in [2.05, 4.69) is 47.4 Å². The molecule has 2 aromatic rings. The monoisotopic (exact) mass is 396 g/mol. The number of aryl methyl sites for hydroxylation is 1. The first-order chi connectivity index (χ1) is 13.6. The Kier molecular flexibility index (Phi) is 6.64. The van der Waals surface area contributed by atoms with E-state index in [-0.39, 0.29) is 17.3 Å². The maximum atomic E-state index is 12.0. The summed E-state index contributed by atoms with van der Waals surface area (Å²) in [5, 5.41) is 15.6. The van der Waals surface area contributed by atoms with Crippen LogP contribution in [0.3, 0.4) is 0 Å². The molecule has 0 saturated heterocycles. The number of anilines is 3. The zero-order chi connectivity index (χ0) is 21.8.